The molecule has 0 aromatic heterocycles. The van der Waals surface area contributed by atoms with Crippen molar-refractivity contribution in [1.82, 2.24) is 20.4 Å². The SMILES string of the molecule is COc1ccc([C@@H]2C/C=C/C[C@H](C)Oc3ccccc3C(=O)N(C)[C@H](C(C)C)C(=O)N2)c(OC)c1.COc1ccc([C@@H]2C/C=C\C[C@H](C)Oc3ccccc3C(=O)N(C)[C@H](C(C)C)C(=O)N2)c(OC)c1. The average Bonchev–Trinajstić information content (AvgIpc) is 3.34. The van der Waals surface area contributed by atoms with Crippen LogP contribution in [0.3, 0.4) is 0 Å². The summed E-state index contributed by atoms with van der Waals surface area (Å²) in [6.45, 7) is 11.7. The molecule has 4 aromatic carbocycles. The van der Waals surface area contributed by atoms with Gasteiger partial charge in [0.25, 0.3) is 11.8 Å². The van der Waals surface area contributed by atoms with Gasteiger partial charge in [-0.25, -0.2) is 0 Å². The molecule has 0 aliphatic carbocycles. The van der Waals surface area contributed by atoms with Crippen molar-refractivity contribution in [2.45, 2.75) is 104 Å². The Hall–Kier alpha value is -6.96. The van der Waals surface area contributed by atoms with Crippen LogP contribution in [0.25, 0.3) is 0 Å². The van der Waals surface area contributed by atoms with Crippen LogP contribution in [0.4, 0.5) is 0 Å². The van der Waals surface area contributed by atoms with Gasteiger partial charge in [0.2, 0.25) is 11.8 Å². The molecule has 6 atom stereocenters. The summed E-state index contributed by atoms with van der Waals surface area (Å²) in [5.74, 6) is 2.44. The van der Waals surface area contributed by atoms with Gasteiger partial charge in [-0.2, -0.15) is 0 Å². The lowest BCUT2D eigenvalue weighted by Gasteiger charge is -2.33. The minimum Gasteiger partial charge on any atom is -0.497 e. The molecule has 0 bridgehead atoms. The van der Waals surface area contributed by atoms with Gasteiger partial charge in [0, 0.05) is 50.2 Å². The number of ether oxygens (including phenoxy) is 6. The lowest BCUT2D eigenvalue weighted by atomic mass is 9.97. The number of hydrogen-bond acceptors (Lipinski definition) is 10. The van der Waals surface area contributed by atoms with Crippen LogP contribution in [0.15, 0.2) is 109 Å². The summed E-state index contributed by atoms with van der Waals surface area (Å²) in [6.07, 6.45) is 10.4. The molecule has 4 aromatic rings. The summed E-state index contributed by atoms with van der Waals surface area (Å²) in [5, 5.41) is 6.36. The lowest BCUT2D eigenvalue weighted by molar-refractivity contribution is -0.128. The summed E-state index contributed by atoms with van der Waals surface area (Å²) >= 11 is 0. The highest BCUT2D eigenvalue weighted by Gasteiger charge is 2.35. The Kier molecular flexibility index (Phi) is 19.7. The molecule has 70 heavy (non-hydrogen) atoms. The molecular weight excluding hydrogens is 889 g/mol. The third-order valence-corrected chi connectivity index (χ3v) is 12.4. The van der Waals surface area contributed by atoms with Crippen molar-refractivity contribution < 1.29 is 47.6 Å². The number of carbonyl (C=O) groups excluding carboxylic acids is 4. The molecule has 0 unspecified atom stereocenters. The van der Waals surface area contributed by atoms with E-state index in [4.69, 9.17) is 28.4 Å². The van der Waals surface area contributed by atoms with Crippen LogP contribution in [0.2, 0.25) is 0 Å². The van der Waals surface area contributed by atoms with Crippen molar-refractivity contribution in [3.63, 3.8) is 0 Å². The third-order valence-electron chi connectivity index (χ3n) is 12.4. The van der Waals surface area contributed by atoms with Crippen LogP contribution >= 0.6 is 0 Å². The molecule has 0 radical (unpaired) electrons. The van der Waals surface area contributed by atoms with E-state index in [1.165, 1.54) is 9.80 Å². The topological polar surface area (TPSA) is 154 Å². The first kappa shape index (κ1) is 54.0. The van der Waals surface area contributed by atoms with Gasteiger partial charge in [-0.3, -0.25) is 19.2 Å². The standard InChI is InChI=1S/2C28H36N2O5/c2*1-18(2)26-27(31)29-23(21-16-15-20(33-5)17-25(21)34-6)13-9-7-11-19(3)35-24-14-10-8-12-22(24)28(32)30(26)4/h2*7-10,12,14-19,23,26H,11,13H2,1-6H3,(H,29,31)/b9-7+;9-7-/t2*19-,23-,26+/m00/s1. The number of benzene rings is 4. The fraction of sp³-hybridized carbons (Fsp3) is 0.429. The van der Waals surface area contributed by atoms with Crippen LogP contribution in [-0.4, -0.2) is 100 Å². The molecule has 2 N–H and O–H groups in total. The van der Waals surface area contributed by atoms with Gasteiger partial charge in [-0.05, 0) is 87.1 Å². The normalized spacial score (nSPS) is 22.5. The van der Waals surface area contributed by atoms with E-state index in [1.807, 2.05) is 102 Å². The highest BCUT2D eigenvalue weighted by atomic mass is 16.5. The van der Waals surface area contributed by atoms with E-state index in [-0.39, 0.29) is 59.8 Å². The Labute approximate surface area is 414 Å². The van der Waals surface area contributed by atoms with E-state index >= 15 is 0 Å². The zero-order chi connectivity index (χ0) is 51.1. The summed E-state index contributed by atoms with van der Waals surface area (Å²) in [5.41, 5.74) is 2.55. The number of methoxy groups -OCH3 is 4. The van der Waals surface area contributed by atoms with Crippen molar-refractivity contribution >= 4 is 23.6 Å². The molecule has 14 heteroatoms. The van der Waals surface area contributed by atoms with E-state index in [9.17, 15) is 19.2 Å². The maximum Gasteiger partial charge on any atom is 0.258 e. The number of likely N-dealkylation sites (N-methyl/N-ethyl adjacent to an activating group) is 2. The van der Waals surface area contributed by atoms with E-state index in [0.717, 1.165) is 11.1 Å². The smallest absolute Gasteiger partial charge is 0.258 e. The van der Waals surface area contributed by atoms with Crippen molar-refractivity contribution in [3.8, 4) is 34.5 Å². The van der Waals surface area contributed by atoms with E-state index < -0.39 is 12.1 Å². The second-order valence-corrected chi connectivity index (χ2v) is 18.3. The molecule has 2 aliphatic heterocycles. The number of carbonyl (C=O) groups is 4. The number of rotatable bonds is 8. The molecule has 2 heterocycles. The monoisotopic (exact) mass is 961 g/mol. The first-order valence-electron chi connectivity index (χ1n) is 23.9. The van der Waals surface area contributed by atoms with Crippen molar-refractivity contribution in [3.05, 3.63) is 131 Å². The number of hydrogen-bond donors (Lipinski definition) is 2. The van der Waals surface area contributed by atoms with Crippen LogP contribution in [-0.2, 0) is 9.59 Å². The van der Waals surface area contributed by atoms with E-state index in [0.29, 0.717) is 71.3 Å². The number of para-hydroxylation sites is 2. The number of nitrogens with zero attached hydrogens (tertiary/aromatic N) is 2. The Bertz CT molecular complexity index is 2300. The number of amides is 4. The molecule has 6 rings (SSSR count). The molecule has 0 saturated carbocycles. The van der Waals surface area contributed by atoms with E-state index in [1.54, 1.807) is 91.1 Å². The first-order valence-corrected chi connectivity index (χ1v) is 23.9. The molecular formula is C56H72N4O10. The summed E-state index contributed by atoms with van der Waals surface area (Å²) in [6, 6.07) is 23.4. The Morgan fingerprint density at radius 2 is 0.871 bits per heavy atom. The molecule has 0 saturated heterocycles. The quantitative estimate of drug-likeness (QED) is 0.163. The van der Waals surface area contributed by atoms with E-state index in [2.05, 4.69) is 10.6 Å². The lowest BCUT2D eigenvalue weighted by Crippen LogP contribution is -2.51. The fourth-order valence-electron chi connectivity index (χ4n) is 8.80. The maximum absolute atomic E-state index is 13.6. The summed E-state index contributed by atoms with van der Waals surface area (Å²) < 4.78 is 34.1. The highest BCUT2D eigenvalue weighted by molar-refractivity contribution is 6.00. The van der Waals surface area contributed by atoms with Crippen LogP contribution in [0.5, 0.6) is 34.5 Å². The Morgan fingerprint density at radius 1 is 0.514 bits per heavy atom. The summed E-state index contributed by atoms with van der Waals surface area (Å²) in [4.78, 5) is 57.3. The number of fused-ring (bicyclic) bond motifs is 2. The first-order chi connectivity index (χ1) is 33.5. The second kappa shape index (κ2) is 25.6. The molecule has 4 amide bonds. The molecule has 2 aliphatic rings. The largest absolute Gasteiger partial charge is 0.497 e. The fourth-order valence-corrected chi connectivity index (χ4v) is 8.80. The molecule has 0 spiro atoms. The Balaban J connectivity index is 0.000000261. The van der Waals surface area contributed by atoms with Gasteiger partial charge in [-0.1, -0.05) is 76.3 Å². The van der Waals surface area contributed by atoms with Gasteiger partial charge in [-0.15, -0.1) is 0 Å². The predicted octanol–water partition coefficient (Wildman–Crippen LogP) is 9.55. The molecule has 376 valence electrons. The van der Waals surface area contributed by atoms with Crippen LogP contribution in [0.1, 0.15) is 111 Å². The Morgan fingerprint density at radius 3 is 1.21 bits per heavy atom. The average molecular weight is 961 g/mol. The minimum absolute atomic E-state index is 0.113. The zero-order valence-electron chi connectivity index (χ0n) is 42.8. The van der Waals surface area contributed by atoms with Gasteiger partial charge < -0.3 is 48.9 Å². The molecule has 0 fully saturated rings. The maximum atomic E-state index is 13.6. The van der Waals surface area contributed by atoms with Crippen LogP contribution in [0, 0.1) is 11.8 Å². The van der Waals surface area contributed by atoms with Crippen molar-refractivity contribution in [2.75, 3.05) is 42.5 Å². The summed E-state index contributed by atoms with van der Waals surface area (Å²) in [7, 11) is 9.73. The van der Waals surface area contributed by atoms with Gasteiger partial charge >= 0.3 is 0 Å². The molecule has 14 nitrogen and oxygen atoms in total. The zero-order valence-corrected chi connectivity index (χ0v) is 42.8. The van der Waals surface area contributed by atoms with Crippen molar-refractivity contribution in [2.24, 2.45) is 11.8 Å². The van der Waals surface area contributed by atoms with Gasteiger partial charge in [0.1, 0.15) is 46.6 Å². The number of nitrogens with one attached hydrogen (secondary N) is 2. The minimum atomic E-state index is -0.674. The predicted molar refractivity (Wildman–Crippen MR) is 272 cm³/mol. The highest BCUT2D eigenvalue weighted by Crippen LogP contribution is 2.34. The third kappa shape index (κ3) is 13.6. The van der Waals surface area contributed by atoms with Gasteiger partial charge in [0.05, 0.1) is 63.9 Å². The van der Waals surface area contributed by atoms with Crippen LogP contribution < -0.4 is 39.1 Å². The van der Waals surface area contributed by atoms with Gasteiger partial charge in [0.15, 0.2) is 0 Å². The van der Waals surface area contributed by atoms with Crippen molar-refractivity contribution in [1.29, 1.82) is 0 Å². The second-order valence-electron chi connectivity index (χ2n) is 18.3.